The molecule has 1 amide bonds. The minimum Gasteiger partial charge on any atom is -0.491 e. The van der Waals surface area contributed by atoms with Gasteiger partial charge in [-0.05, 0) is 31.5 Å². The van der Waals surface area contributed by atoms with Crippen molar-refractivity contribution in [3.8, 4) is 5.75 Å². The third kappa shape index (κ3) is 6.05. The second-order valence-corrected chi connectivity index (χ2v) is 5.49. The van der Waals surface area contributed by atoms with Gasteiger partial charge in [-0.1, -0.05) is 12.1 Å². The van der Waals surface area contributed by atoms with Crippen LogP contribution in [0.15, 0.2) is 39.0 Å². The fraction of sp³-hybridized carbons (Fsp3) is 0.312. The highest BCUT2D eigenvalue weighted by atomic mass is 16.5. The number of hydrogen-bond acceptors (Lipinski definition) is 6. The molecule has 132 valence electrons. The molecule has 0 bridgehead atoms. The van der Waals surface area contributed by atoms with Crippen LogP contribution in [0.5, 0.6) is 5.75 Å². The number of nitrogens with zero attached hydrogens (tertiary/aromatic N) is 2. The highest BCUT2D eigenvalue weighted by molar-refractivity contribution is 5.82. The van der Waals surface area contributed by atoms with Crippen LogP contribution < -0.4 is 21.4 Å². The predicted molar refractivity (Wildman–Crippen MR) is 91.7 cm³/mol. The van der Waals surface area contributed by atoms with Crippen molar-refractivity contribution in [1.82, 2.24) is 20.6 Å². The predicted octanol–water partition coefficient (Wildman–Crippen LogP) is 0.328. The molecule has 3 N–H and O–H groups in total. The first-order chi connectivity index (χ1) is 11.9. The van der Waals surface area contributed by atoms with E-state index in [-0.39, 0.29) is 30.5 Å². The molecular formula is C16H19N5O4. The molecule has 0 saturated carbocycles. The van der Waals surface area contributed by atoms with Crippen molar-refractivity contribution in [2.24, 2.45) is 5.10 Å². The zero-order valence-electron chi connectivity index (χ0n) is 13.9. The summed E-state index contributed by atoms with van der Waals surface area (Å²) in [5.74, 6) is 0.340. The summed E-state index contributed by atoms with van der Waals surface area (Å²) >= 11 is 0. The molecule has 9 heteroatoms. The zero-order chi connectivity index (χ0) is 18.2. The number of rotatable bonds is 7. The summed E-state index contributed by atoms with van der Waals surface area (Å²) in [5.41, 5.74) is 1.93. The maximum atomic E-state index is 11.7. The van der Waals surface area contributed by atoms with Gasteiger partial charge in [0.1, 0.15) is 11.4 Å². The quantitative estimate of drug-likeness (QED) is 0.492. The molecule has 0 radical (unpaired) electrons. The normalized spacial score (nSPS) is 11.0. The monoisotopic (exact) mass is 345 g/mol. The van der Waals surface area contributed by atoms with Crippen molar-refractivity contribution in [3.63, 3.8) is 0 Å². The molecule has 0 aliphatic heterocycles. The lowest BCUT2D eigenvalue weighted by atomic mass is 10.2. The van der Waals surface area contributed by atoms with Crippen molar-refractivity contribution in [1.29, 1.82) is 0 Å². The Labute approximate surface area is 143 Å². The lowest BCUT2D eigenvalue weighted by molar-refractivity contribution is -0.121. The topological polar surface area (TPSA) is 129 Å². The van der Waals surface area contributed by atoms with E-state index < -0.39 is 11.2 Å². The van der Waals surface area contributed by atoms with Crippen LogP contribution in [0.1, 0.15) is 31.5 Å². The van der Waals surface area contributed by atoms with E-state index >= 15 is 0 Å². The van der Waals surface area contributed by atoms with Gasteiger partial charge in [-0.2, -0.15) is 10.2 Å². The first-order valence-corrected chi connectivity index (χ1v) is 7.70. The zero-order valence-corrected chi connectivity index (χ0v) is 13.9. The number of hydrazone groups is 1. The largest absolute Gasteiger partial charge is 0.491 e. The minimum absolute atomic E-state index is 0.00988. The van der Waals surface area contributed by atoms with Gasteiger partial charge in [0.15, 0.2) is 0 Å². The Kier molecular flexibility index (Phi) is 6.21. The van der Waals surface area contributed by atoms with E-state index in [0.29, 0.717) is 5.75 Å². The Morgan fingerprint density at radius 3 is 2.92 bits per heavy atom. The Morgan fingerprint density at radius 2 is 2.20 bits per heavy atom. The third-order valence-electron chi connectivity index (χ3n) is 3.00. The van der Waals surface area contributed by atoms with Crippen LogP contribution in [0.2, 0.25) is 0 Å². The fourth-order valence-corrected chi connectivity index (χ4v) is 1.95. The van der Waals surface area contributed by atoms with Crippen LogP contribution in [-0.4, -0.2) is 33.4 Å². The Balaban J connectivity index is 1.86. The number of nitrogens with one attached hydrogen (secondary N) is 3. The van der Waals surface area contributed by atoms with E-state index in [9.17, 15) is 14.4 Å². The highest BCUT2D eigenvalue weighted by Gasteiger charge is 2.06. The van der Waals surface area contributed by atoms with E-state index in [0.717, 1.165) is 5.56 Å². The first kappa shape index (κ1) is 18.1. The van der Waals surface area contributed by atoms with Crippen molar-refractivity contribution < 1.29 is 9.53 Å². The molecule has 0 aliphatic carbocycles. The molecule has 0 aliphatic rings. The molecule has 0 unspecified atom stereocenters. The minimum atomic E-state index is -0.688. The summed E-state index contributed by atoms with van der Waals surface area (Å²) in [7, 11) is 0. The number of benzene rings is 1. The van der Waals surface area contributed by atoms with Gasteiger partial charge in [0.05, 0.1) is 12.3 Å². The highest BCUT2D eigenvalue weighted by Crippen LogP contribution is 2.13. The molecule has 0 fully saturated rings. The van der Waals surface area contributed by atoms with Gasteiger partial charge in [-0.25, -0.2) is 15.3 Å². The van der Waals surface area contributed by atoms with E-state index in [1.165, 1.54) is 6.21 Å². The number of aryl methyl sites for hydroxylation is 1. The standard InChI is InChI=1S/C16H19N5O4/c1-10(2)25-12-5-3-4-11(8-12)9-17-20-14(22)7-6-13-15(23)18-16(24)21-19-13/h3-5,8-10H,6-7H2,1-2H3,(H,20,22)(H2,18,21,23,24)/b17-9+. The number of aromatic amines is 2. The molecule has 2 rings (SSSR count). The number of ether oxygens (including phenoxy) is 1. The number of carbonyl (C=O) groups excluding carboxylic acids is 1. The number of hydrogen-bond donors (Lipinski definition) is 3. The van der Waals surface area contributed by atoms with Crippen LogP contribution >= 0.6 is 0 Å². The Bertz CT molecular complexity index is 869. The van der Waals surface area contributed by atoms with E-state index in [1.54, 1.807) is 6.07 Å². The van der Waals surface area contributed by atoms with Gasteiger partial charge < -0.3 is 4.74 Å². The second kappa shape index (κ2) is 8.57. The van der Waals surface area contributed by atoms with E-state index in [4.69, 9.17) is 4.74 Å². The number of H-pyrrole nitrogens is 2. The van der Waals surface area contributed by atoms with Crippen LogP contribution in [-0.2, 0) is 11.2 Å². The number of amides is 1. The summed E-state index contributed by atoms with van der Waals surface area (Å²) in [6, 6.07) is 7.30. The molecule has 0 atom stereocenters. The van der Waals surface area contributed by atoms with Gasteiger partial charge in [-0.15, -0.1) is 0 Å². The Morgan fingerprint density at radius 1 is 1.40 bits per heavy atom. The van der Waals surface area contributed by atoms with Crippen LogP contribution in [0, 0.1) is 0 Å². The second-order valence-electron chi connectivity index (χ2n) is 5.49. The van der Waals surface area contributed by atoms with E-state index in [1.807, 2.05) is 37.0 Å². The van der Waals surface area contributed by atoms with Crippen LogP contribution in [0.25, 0.3) is 0 Å². The molecule has 25 heavy (non-hydrogen) atoms. The summed E-state index contributed by atoms with van der Waals surface area (Å²) in [4.78, 5) is 36.1. The summed E-state index contributed by atoms with van der Waals surface area (Å²) in [5, 5.41) is 9.58. The summed E-state index contributed by atoms with van der Waals surface area (Å²) in [6.07, 6.45) is 1.66. The molecule has 1 heterocycles. The average molecular weight is 345 g/mol. The molecule has 9 nitrogen and oxygen atoms in total. The molecular weight excluding hydrogens is 326 g/mol. The lowest BCUT2D eigenvalue weighted by Gasteiger charge is -2.09. The van der Waals surface area contributed by atoms with Crippen molar-refractivity contribution in [2.45, 2.75) is 32.8 Å². The van der Waals surface area contributed by atoms with Crippen LogP contribution in [0.3, 0.4) is 0 Å². The van der Waals surface area contributed by atoms with Crippen molar-refractivity contribution in [2.75, 3.05) is 0 Å². The van der Waals surface area contributed by atoms with Gasteiger partial charge in [0, 0.05) is 12.8 Å². The van der Waals surface area contributed by atoms with Crippen molar-refractivity contribution >= 4 is 12.1 Å². The smallest absolute Gasteiger partial charge is 0.342 e. The number of aromatic nitrogens is 3. The Hall–Kier alpha value is -3.23. The molecule has 0 spiro atoms. The van der Waals surface area contributed by atoms with Gasteiger partial charge >= 0.3 is 5.69 Å². The molecule has 2 aromatic rings. The third-order valence-corrected chi connectivity index (χ3v) is 3.00. The first-order valence-electron chi connectivity index (χ1n) is 7.70. The lowest BCUT2D eigenvalue weighted by Crippen LogP contribution is -2.28. The summed E-state index contributed by atoms with van der Waals surface area (Å²) in [6.45, 7) is 3.87. The van der Waals surface area contributed by atoms with Gasteiger partial charge in [-0.3, -0.25) is 14.6 Å². The maximum Gasteiger partial charge on any atom is 0.342 e. The van der Waals surface area contributed by atoms with Gasteiger partial charge in [0.25, 0.3) is 5.56 Å². The number of carbonyl (C=O) groups is 1. The summed E-state index contributed by atoms with van der Waals surface area (Å²) < 4.78 is 5.58. The fourth-order valence-electron chi connectivity index (χ4n) is 1.95. The molecule has 1 aromatic heterocycles. The molecule has 1 aromatic carbocycles. The van der Waals surface area contributed by atoms with Crippen molar-refractivity contribution in [3.05, 3.63) is 56.4 Å². The maximum absolute atomic E-state index is 11.7. The SMILES string of the molecule is CC(C)Oc1cccc(/C=N/NC(=O)CCc2n[nH]c(=O)[nH]c2=O)c1. The van der Waals surface area contributed by atoms with E-state index in [2.05, 4.69) is 20.7 Å². The molecule has 0 saturated heterocycles. The van der Waals surface area contributed by atoms with Gasteiger partial charge in [0.2, 0.25) is 5.91 Å². The average Bonchev–Trinajstić information content (AvgIpc) is 2.54. The van der Waals surface area contributed by atoms with Crippen LogP contribution in [0.4, 0.5) is 0 Å².